The van der Waals surface area contributed by atoms with Crippen LogP contribution in [0.15, 0.2) is 53.8 Å². The van der Waals surface area contributed by atoms with E-state index in [0.29, 0.717) is 11.8 Å². The van der Waals surface area contributed by atoms with Gasteiger partial charge in [0.25, 0.3) is 6.08 Å². The number of aromatic amines is 1. The molecule has 4 nitrogen and oxygen atoms in total. The molecule has 0 saturated heterocycles. The number of benzene rings is 1. The molecule has 1 heterocycles. The predicted octanol–water partition coefficient (Wildman–Crippen LogP) is 3.02. The maximum Gasteiger partial charge on any atom is 0.266 e. The minimum Gasteiger partial charge on any atom is -0.335 e. The average molecular weight is 298 g/mol. The second-order valence-electron chi connectivity index (χ2n) is 4.06. The lowest BCUT2D eigenvalue weighted by Gasteiger charge is -1.97. The molecule has 0 unspecified atom stereocenters. The van der Waals surface area contributed by atoms with Gasteiger partial charge >= 0.3 is 0 Å². The van der Waals surface area contributed by atoms with Crippen LogP contribution in [0.2, 0.25) is 0 Å². The summed E-state index contributed by atoms with van der Waals surface area (Å²) >= 11 is 0. The van der Waals surface area contributed by atoms with E-state index in [1.807, 2.05) is 18.2 Å². The number of rotatable bonds is 5. The van der Waals surface area contributed by atoms with Crippen molar-refractivity contribution in [2.24, 2.45) is 0 Å². The van der Waals surface area contributed by atoms with Gasteiger partial charge in [-0.1, -0.05) is 30.3 Å². The molecule has 0 atom stereocenters. The van der Waals surface area contributed by atoms with E-state index in [4.69, 9.17) is 0 Å². The molecular weight excluding hydrogens is 286 g/mol. The van der Waals surface area contributed by atoms with Gasteiger partial charge in [-0.2, -0.15) is 8.78 Å². The van der Waals surface area contributed by atoms with E-state index in [1.165, 1.54) is 6.20 Å². The number of allylic oxidation sites excluding steroid dienone is 1. The highest BCUT2D eigenvalue weighted by molar-refractivity contribution is 7.91. The minimum absolute atomic E-state index is 0.205. The van der Waals surface area contributed by atoms with Gasteiger partial charge < -0.3 is 4.98 Å². The molecule has 106 valence electrons. The van der Waals surface area contributed by atoms with Crippen molar-refractivity contribution in [2.75, 3.05) is 5.75 Å². The van der Waals surface area contributed by atoms with Crippen LogP contribution in [0.25, 0.3) is 11.3 Å². The number of aromatic nitrogens is 2. The van der Waals surface area contributed by atoms with Gasteiger partial charge in [0.1, 0.15) is 0 Å². The highest BCUT2D eigenvalue weighted by Gasteiger charge is 2.18. The zero-order valence-corrected chi connectivity index (χ0v) is 11.2. The predicted molar refractivity (Wildman–Crippen MR) is 71.0 cm³/mol. The summed E-state index contributed by atoms with van der Waals surface area (Å²) in [4.78, 5) is 6.57. The minimum atomic E-state index is -3.69. The lowest BCUT2D eigenvalue weighted by atomic mass is 10.2. The molecule has 2 aromatic rings. The smallest absolute Gasteiger partial charge is 0.266 e. The highest BCUT2D eigenvalue weighted by Crippen LogP contribution is 2.18. The molecule has 1 aromatic carbocycles. The van der Waals surface area contributed by atoms with E-state index < -0.39 is 21.7 Å². The summed E-state index contributed by atoms with van der Waals surface area (Å²) < 4.78 is 47.5. The van der Waals surface area contributed by atoms with Gasteiger partial charge in [0.05, 0.1) is 11.4 Å². The second-order valence-corrected chi connectivity index (χ2v) is 6.08. The average Bonchev–Trinajstić information content (AvgIpc) is 2.89. The highest BCUT2D eigenvalue weighted by atomic mass is 32.2. The Labute approximate surface area is 115 Å². The maximum absolute atomic E-state index is 11.9. The Balaban J connectivity index is 2.18. The SMILES string of the molecule is O=S(=O)(CCC=C(F)F)c1nc(-c2ccccc2)c[nH]1. The molecule has 20 heavy (non-hydrogen) atoms. The summed E-state index contributed by atoms with van der Waals surface area (Å²) in [5.41, 5.74) is 1.27. The molecule has 0 amide bonds. The van der Waals surface area contributed by atoms with Crippen molar-refractivity contribution < 1.29 is 17.2 Å². The van der Waals surface area contributed by atoms with E-state index in [1.54, 1.807) is 12.1 Å². The standard InChI is InChI=1S/C13H12F2N2O2S/c14-12(15)7-4-8-20(18,19)13-16-9-11(17-13)10-5-2-1-3-6-10/h1-3,5-7,9H,4,8H2,(H,16,17). The van der Waals surface area contributed by atoms with Crippen LogP contribution in [0.3, 0.4) is 0 Å². The molecule has 0 radical (unpaired) electrons. The normalized spacial score (nSPS) is 11.3. The molecule has 1 N–H and O–H groups in total. The van der Waals surface area contributed by atoms with Crippen molar-refractivity contribution in [1.82, 2.24) is 9.97 Å². The van der Waals surface area contributed by atoms with Crippen LogP contribution in [0.4, 0.5) is 8.78 Å². The quantitative estimate of drug-likeness (QED) is 0.923. The third kappa shape index (κ3) is 3.51. The zero-order valence-electron chi connectivity index (χ0n) is 10.4. The van der Waals surface area contributed by atoms with Crippen LogP contribution >= 0.6 is 0 Å². The van der Waals surface area contributed by atoms with Gasteiger partial charge in [-0.05, 0) is 12.5 Å². The Morgan fingerprint density at radius 1 is 1.25 bits per heavy atom. The van der Waals surface area contributed by atoms with E-state index in [0.717, 1.165) is 5.56 Å². The number of imidazole rings is 1. The Morgan fingerprint density at radius 2 is 1.95 bits per heavy atom. The molecule has 0 saturated carbocycles. The molecule has 0 aliphatic rings. The van der Waals surface area contributed by atoms with Gasteiger partial charge in [0.2, 0.25) is 15.0 Å². The monoisotopic (exact) mass is 298 g/mol. The van der Waals surface area contributed by atoms with Gasteiger partial charge in [0.15, 0.2) is 0 Å². The van der Waals surface area contributed by atoms with Crippen LogP contribution in [-0.2, 0) is 9.84 Å². The number of nitrogens with one attached hydrogen (secondary N) is 1. The lowest BCUT2D eigenvalue weighted by Crippen LogP contribution is -2.08. The van der Waals surface area contributed by atoms with E-state index >= 15 is 0 Å². The van der Waals surface area contributed by atoms with Gasteiger partial charge in [-0.15, -0.1) is 0 Å². The fourth-order valence-corrected chi connectivity index (χ4v) is 2.74. The maximum atomic E-state index is 11.9. The van der Waals surface area contributed by atoms with Crippen molar-refractivity contribution in [3.8, 4) is 11.3 Å². The molecule has 1 aromatic heterocycles. The molecule has 0 bridgehead atoms. The van der Waals surface area contributed by atoms with Crippen LogP contribution in [0.5, 0.6) is 0 Å². The number of H-pyrrole nitrogens is 1. The van der Waals surface area contributed by atoms with Crippen molar-refractivity contribution in [1.29, 1.82) is 0 Å². The first-order valence-corrected chi connectivity index (χ1v) is 7.49. The first-order chi connectivity index (χ1) is 9.49. The van der Waals surface area contributed by atoms with Gasteiger partial charge in [-0.3, -0.25) is 0 Å². The summed E-state index contributed by atoms with van der Waals surface area (Å²) in [6, 6.07) is 9.06. The van der Waals surface area contributed by atoms with Gasteiger partial charge in [0, 0.05) is 11.8 Å². The summed E-state index contributed by atoms with van der Waals surface area (Å²) in [6.45, 7) is 0. The number of halogens is 2. The van der Waals surface area contributed by atoms with Crippen molar-refractivity contribution in [3.05, 3.63) is 48.7 Å². The number of hydrogen-bond acceptors (Lipinski definition) is 3. The molecule has 7 heteroatoms. The second kappa shape index (κ2) is 5.96. The summed E-state index contributed by atoms with van der Waals surface area (Å²) in [5, 5.41) is -0.205. The molecule has 0 aliphatic heterocycles. The van der Waals surface area contributed by atoms with Crippen LogP contribution in [-0.4, -0.2) is 24.1 Å². The summed E-state index contributed by atoms with van der Waals surface area (Å²) in [6.07, 6.45) is -0.0667. The lowest BCUT2D eigenvalue weighted by molar-refractivity contribution is 0.418. The molecule has 2 rings (SSSR count). The Hall–Kier alpha value is -2.02. The molecule has 0 fully saturated rings. The first kappa shape index (κ1) is 14.4. The van der Waals surface area contributed by atoms with Gasteiger partial charge in [-0.25, -0.2) is 13.4 Å². The third-order valence-electron chi connectivity index (χ3n) is 2.60. The Bertz CT molecular complexity index is 705. The largest absolute Gasteiger partial charge is 0.335 e. The summed E-state index contributed by atoms with van der Waals surface area (Å²) in [5.74, 6) is -0.411. The van der Waals surface area contributed by atoms with E-state index in [9.17, 15) is 17.2 Å². The Morgan fingerprint density at radius 3 is 2.60 bits per heavy atom. The van der Waals surface area contributed by atoms with Crippen molar-refractivity contribution in [3.63, 3.8) is 0 Å². The van der Waals surface area contributed by atoms with Crippen molar-refractivity contribution >= 4 is 9.84 Å². The summed E-state index contributed by atoms with van der Waals surface area (Å²) in [7, 11) is -3.69. The molecule has 0 spiro atoms. The van der Waals surface area contributed by atoms with Crippen LogP contribution < -0.4 is 0 Å². The van der Waals surface area contributed by atoms with Crippen LogP contribution in [0.1, 0.15) is 6.42 Å². The Kier molecular flexibility index (Phi) is 4.29. The van der Waals surface area contributed by atoms with E-state index in [-0.39, 0.29) is 11.6 Å². The molecule has 0 aliphatic carbocycles. The van der Waals surface area contributed by atoms with Crippen LogP contribution in [0, 0.1) is 0 Å². The molecular formula is C13H12F2N2O2S. The fourth-order valence-electron chi connectivity index (χ4n) is 1.64. The third-order valence-corrected chi connectivity index (χ3v) is 4.18. The number of hydrogen-bond donors (Lipinski definition) is 1. The fraction of sp³-hybridized carbons (Fsp3) is 0.154. The number of nitrogens with zero attached hydrogens (tertiary/aromatic N) is 1. The van der Waals surface area contributed by atoms with E-state index in [2.05, 4.69) is 9.97 Å². The first-order valence-electron chi connectivity index (χ1n) is 5.84. The zero-order chi connectivity index (χ0) is 14.6. The van der Waals surface area contributed by atoms with Crippen molar-refractivity contribution in [2.45, 2.75) is 11.6 Å². The topological polar surface area (TPSA) is 62.8 Å². The number of sulfone groups is 1.